The first-order valence-corrected chi connectivity index (χ1v) is 12.9. The van der Waals surface area contributed by atoms with Crippen LogP contribution in [0.25, 0.3) is 22.1 Å². The van der Waals surface area contributed by atoms with E-state index in [9.17, 15) is 9.59 Å². The molecule has 5 rings (SSSR count). The number of carbonyl (C=O) groups excluding carboxylic acids is 2. The first kappa shape index (κ1) is 23.0. The predicted octanol–water partition coefficient (Wildman–Crippen LogP) is 5.21. The van der Waals surface area contributed by atoms with E-state index in [-0.39, 0.29) is 23.3 Å². The Bertz CT molecular complexity index is 1460. The van der Waals surface area contributed by atoms with Crippen LogP contribution in [-0.4, -0.2) is 43.3 Å². The van der Waals surface area contributed by atoms with E-state index < -0.39 is 0 Å². The van der Waals surface area contributed by atoms with Crippen molar-refractivity contribution in [2.75, 3.05) is 22.1 Å². The lowest BCUT2D eigenvalue weighted by molar-refractivity contribution is -0.114. The highest BCUT2D eigenvalue weighted by atomic mass is 32.2. The molecule has 0 fully saturated rings. The number of anilines is 2. The molecule has 0 unspecified atom stereocenters. The first-order chi connectivity index (χ1) is 17.0. The van der Waals surface area contributed by atoms with Gasteiger partial charge in [0.15, 0.2) is 10.3 Å². The monoisotopic (exact) mass is 502 g/mol. The maximum Gasteiger partial charge on any atom is 0.234 e. The molecule has 2 heterocycles. The molecule has 5 aromatic rings. The lowest BCUT2D eigenvalue weighted by atomic mass is 10.2. The molecule has 0 saturated heterocycles. The fourth-order valence-corrected chi connectivity index (χ4v) is 4.85. The highest BCUT2D eigenvalue weighted by Crippen LogP contribution is 2.24. The Kier molecular flexibility index (Phi) is 6.73. The number of nitrogens with zero attached hydrogens (tertiary/aromatic N) is 2. The van der Waals surface area contributed by atoms with E-state index in [0.29, 0.717) is 21.7 Å². The zero-order valence-corrected chi connectivity index (χ0v) is 20.4. The summed E-state index contributed by atoms with van der Waals surface area (Å²) in [5.41, 5.74) is 5.79. The van der Waals surface area contributed by atoms with Gasteiger partial charge in [0.2, 0.25) is 11.8 Å². The average molecular weight is 503 g/mol. The smallest absolute Gasteiger partial charge is 0.234 e. The van der Waals surface area contributed by atoms with Crippen LogP contribution >= 0.6 is 23.5 Å². The molecule has 3 aromatic carbocycles. The quantitative estimate of drug-likeness (QED) is 0.217. The molecular weight excluding hydrogens is 480 g/mol. The zero-order chi connectivity index (χ0) is 24.2. The Morgan fingerprint density at radius 2 is 1.31 bits per heavy atom. The summed E-state index contributed by atoms with van der Waals surface area (Å²) in [6.07, 6.45) is 0. The normalized spacial score (nSPS) is 11.1. The summed E-state index contributed by atoms with van der Waals surface area (Å²) in [6, 6.07) is 20.9. The van der Waals surface area contributed by atoms with Gasteiger partial charge in [-0.3, -0.25) is 9.59 Å². The number of fused-ring (bicyclic) bond motifs is 2. The number of nitrogens with one attached hydrogen (secondary N) is 4. The van der Waals surface area contributed by atoms with Crippen molar-refractivity contribution in [1.82, 2.24) is 19.9 Å². The van der Waals surface area contributed by atoms with E-state index in [2.05, 4.69) is 30.6 Å². The molecule has 0 aliphatic rings. The van der Waals surface area contributed by atoms with Crippen LogP contribution in [0.4, 0.5) is 11.4 Å². The van der Waals surface area contributed by atoms with Crippen molar-refractivity contribution in [1.29, 1.82) is 0 Å². The standard InChI is InChI=1S/C25H22N6O2S2/c1-15-10-11-16(26-22(32)13-34-24-28-17-6-2-3-7-18(17)29-24)12-21(15)27-23(33)14-35-25-30-19-8-4-5-9-20(19)31-25/h2-12H,13-14H2,1H3,(H,26,32)(H,27,33)(H,28,29)(H,30,31). The van der Waals surface area contributed by atoms with Crippen molar-refractivity contribution >= 4 is 68.8 Å². The number of amides is 2. The van der Waals surface area contributed by atoms with Crippen LogP contribution in [0.5, 0.6) is 0 Å². The molecule has 10 heteroatoms. The Balaban J connectivity index is 1.15. The third kappa shape index (κ3) is 5.67. The number of carbonyl (C=O) groups is 2. The average Bonchev–Trinajstić information content (AvgIpc) is 3.47. The molecule has 0 aliphatic heterocycles. The van der Waals surface area contributed by atoms with Gasteiger partial charge >= 0.3 is 0 Å². The van der Waals surface area contributed by atoms with Crippen molar-refractivity contribution in [3.63, 3.8) is 0 Å². The topological polar surface area (TPSA) is 116 Å². The minimum Gasteiger partial charge on any atom is -0.333 e. The molecule has 0 bridgehead atoms. The maximum atomic E-state index is 12.5. The van der Waals surface area contributed by atoms with Crippen LogP contribution in [0.1, 0.15) is 5.56 Å². The molecule has 176 valence electrons. The van der Waals surface area contributed by atoms with Gasteiger partial charge in [0.25, 0.3) is 0 Å². The molecule has 2 amide bonds. The Morgan fingerprint density at radius 3 is 1.89 bits per heavy atom. The largest absolute Gasteiger partial charge is 0.333 e. The number of H-pyrrole nitrogens is 2. The van der Waals surface area contributed by atoms with Crippen LogP contribution in [0.3, 0.4) is 0 Å². The molecule has 0 radical (unpaired) electrons. The number of hydrogen-bond donors (Lipinski definition) is 4. The van der Waals surface area contributed by atoms with Crippen LogP contribution in [0, 0.1) is 6.92 Å². The number of imidazole rings is 2. The Labute approximate surface area is 209 Å². The van der Waals surface area contributed by atoms with Gasteiger partial charge in [-0.15, -0.1) is 0 Å². The summed E-state index contributed by atoms with van der Waals surface area (Å²) >= 11 is 2.68. The summed E-state index contributed by atoms with van der Waals surface area (Å²) in [4.78, 5) is 40.4. The second-order valence-electron chi connectivity index (χ2n) is 7.82. The Hall–Kier alpha value is -3.76. The number of benzene rings is 3. The summed E-state index contributed by atoms with van der Waals surface area (Å²) in [7, 11) is 0. The van der Waals surface area contributed by atoms with Crippen LogP contribution in [0.15, 0.2) is 77.0 Å². The molecule has 0 spiro atoms. The minimum atomic E-state index is -0.156. The molecular formula is C25H22N6O2S2. The summed E-state index contributed by atoms with van der Waals surface area (Å²) < 4.78 is 0. The number of aromatic amines is 2. The second-order valence-corrected chi connectivity index (χ2v) is 9.75. The highest BCUT2D eigenvalue weighted by Gasteiger charge is 2.11. The summed E-state index contributed by atoms with van der Waals surface area (Å²) in [5, 5.41) is 7.20. The van der Waals surface area contributed by atoms with Gasteiger partial charge < -0.3 is 20.6 Å². The number of aromatic nitrogens is 4. The van der Waals surface area contributed by atoms with E-state index in [1.165, 1.54) is 23.5 Å². The SMILES string of the molecule is Cc1ccc(NC(=O)CSc2nc3ccccc3[nH]2)cc1NC(=O)CSc1nc2ccccc2[nH]1. The van der Waals surface area contributed by atoms with Crippen LogP contribution < -0.4 is 10.6 Å². The van der Waals surface area contributed by atoms with Crippen molar-refractivity contribution < 1.29 is 9.59 Å². The first-order valence-electron chi connectivity index (χ1n) is 10.9. The third-order valence-electron chi connectivity index (χ3n) is 5.21. The van der Waals surface area contributed by atoms with Gasteiger partial charge in [-0.05, 0) is 48.9 Å². The molecule has 4 N–H and O–H groups in total. The van der Waals surface area contributed by atoms with Gasteiger partial charge in [-0.25, -0.2) is 9.97 Å². The van der Waals surface area contributed by atoms with E-state index in [0.717, 1.165) is 27.6 Å². The number of para-hydroxylation sites is 4. The van der Waals surface area contributed by atoms with Crippen molar-refractivity contribution in [2.45, 2.75) is 17.2 Å². The molecule has 0 saturated carbocycles. The van der Waals surface area contributed by atoms with Gasteiger partial charge in [-0.1, -0.05) is 53.9 Å². The van der Waals surface area contributed by atoms with Gasteiger partial charge in [-0.2, -0.15) is 0 Å². The number of aryl methyl sites for hydroxylation is 1. The fraction of sp³-hybridized carbons (Fsp3) is 0.120. The molecule has 0 atom stereocenters. The van der Waals surface area contributed by atoms with Gasteiger partial charge in [0, 0.05) is 11.4 Å². The van der Waals surface area contributed by atoms with Crippen LogP contribution in [0.2, 0.25) is 0 Å². The Morgan fingerprint density at radius 1 is 0.771 bits per heavy atom. The van der Waals surface area contributed by atoms with Gasteiger partial charge in [0.05, 0.1) is 33.6 Å². The maximum absolute atomic E-state index is 12.5. The molecule has 8 nitrogen and oxygen atoms in total. The fourth-order valence-electron chi connectivity index (χ4n) is 3.48. The summed E-state index contributed by atoms with van der Waals surface area (Å²) in [6.45, 7) is 1.91. The van der Waals surface area contributed by atoms with Crippen molar-refractivity contribution in [3.05, 3.63) is 72.3 Å². The number of hydrogen-bond acceptors (Lipinski definition) is 6. The van der Waals surface area contributed by atoms with E-state index >= 15 is 0 Å². The second kappa shape index (κ2) is 10.2. The lowest BCUT2D eigenvalue weighted by Crippen LogP contribution is -2.17. The van der Waals surface area contributed by atoms with Crippen molar-refractivity contribution in [3.8, 4) is 0 Å². The minimum absolute atomic E-state index is 0.150. The molecule has 35 heavy (non-hydrogen) atoms. The third-order valence-corrected chi connectivity index (χ3v) is 6.96. The lowest BCUT2D eigenvalue weighted by Gasteiger charge is -2.11. The van der Waals surface area contributed by atoms with E-state index in [1.807, 2.05) is 67.6 Å². The highest BCUT2D eigenvalue weighted by molar-refractivity contribution is 8.00. The van der Waals surface area contributed by atoms with E-state index in [4.69, 9.17) is 0 Å². The predicted molar refractivity (Wildman–Crippen MR) is 142 cm³/mol. The van der Waals surface area contributed by atoms with Crippen molar-refractivity contribution in [2.24, 2.45) is 0 Å². The van der Waals surface area contributed by atoms with Gasteiger partial charge in [0.1, 0.15) is 0 Å². The molecule has 0 aliphatic carbocycles. The zero-order valence-electron chi connectivity index (χ0n) is 18.8. The number of rotatable bonds is 8. The van der Waals surface area contributed by atoms with E-state index in [1.54, 1.807) is 6.07 Å². The summed E-state index contributed by atoms with van der Waals surface area (Å²) in [5.74, 6) is 0.118. The number of thioether (sulfide) groups is 2. The van der Waals surface area contributed by atoms with Crippen LogP contribution in [-0.2, 0) is 9.59 Å². The molecule has 2 aromatic heterocycles.